The first-order chi connectivity index (χ1) is 7.73. The van der Waals surface area contributed by atoms with Gasteiger partial charge < -0.3 is 5.73 Å². The molecule has 0 aromatic heterocycles. The second kappa shape index (κ2) is 5.13. The molecule has 2 N–H and O–H groups in total. The predicted molar refractivity (Wildman–Crippen MR) is 66.8 cm³/mol. The van der Waals surface area contributed by atoms with E-state index < -0.39 is 11.6 Å². The summed E-state index contributed by atoms with van der Waals surface area (Å²) in [4.78, 5) is 0. The van der Waals surface area contributed by atoms with E-state index in [2.05, 4.69) is 0 Å². The zero-order valence-electron chi connectivity index (χ0n) is 11.0. The maximum Gasteiger partial charge on any atom is 0.132 e. The number of nitrogens with two attached hydrogens (primary N) is 1. The highest BCUT2D eigenvalue weighted by Gasteiger charge is 2.21. The molecule has 0 spiro atoms. The van der Waals surface area contributed by atoms with Gasteiger partial charge in [-0.15, -0.1) is 0 Å². The van der Waals surface area contributed by atoms with Gasteiger partial charge >= 0.3 is 0 Å². The van der Waals surface area contributed by atoms with Gasteiger partial charge in [0.05, 0.1) is 0 Å². The van der Waals surface area contributed by atoms with Crippen LogP contribution in [-0.2, 0) is 6.42 Å². The maximum atomic E-state index is 13.7. The molecule has 1 aromatic carbocycles. The van der Waals surface area contributed by atoms with E-state index in [0.717, 1.165) is 0 Å². The van der Waals surface area contributed by atoms with E-state index >= 15 is 0 Å². The third-order valence-corrected chi connectivity index (χ3v) is 3.20. The van der Waals surface area contributed by atoms with Crippen LogP contribution in [-0.4, -0.2) is 6.04 Å². The van der Waals surface area contributed by atoms with Crippen LogP contribution in [0.15, 0.2) is 12.1 Å². The average Bonchev–Trinajstić information content (AvgIpc) is 2.22. The second-order valence-corrected chi connectivity index (χ2v) is 5.67. The number of aryl methyl sites for hydroxylation is 1. The molecule has 0 heterocycles. The van der Waals surface area contributed by atoms with E-state index in [0.29, 0.717) is 18.4 Å². The molecule has 0 amide bonds. The normalized spacial score (nSPS) is 13.8. The van der Waals surface area contributed by atoms with Crippen molar-refractivity contribution in [2.24, 2.45) is 11.1 Å². The molecule has 1 rings (SSSR count). The van der Waals surface area contributed by atoms with E-state index in [1.165, 1.54) is 12.1 Å². The highest BCUT2D eigenvalue weighted by atomic mass is 19.1. The number of rotatable bonds is 3. The lowest BCUT2D eigenvalue weighted by atomic mass is 9.84. The number of benzene rings is 1. The zero-order chi connectivity index (χ0) is 13.2. The minimum atomic E-state index is -0.478. The highest BCUT2D eigenvalue weighted by Crippen LogP contribution is 2.23. The summed E-state index contributed by atoms with van der Waals surface area (Å²) >= 11 is 0. The van der Waals surface area contributed by atoms with E-state index in [1.807, 2.05) is 20.8 Å². The van der Waals surface area contributed by atoms with Crippen molar-refractivity contribution in [3.8, 4) is 0 Å². The van der Waals surface area contributed by atoms with Crippen molar-refractivity contribution in [3.63, 3.8) is 0 Å². The summed E-state index contributed by atoms with van der Waals surface area (Å²) in [5, 5.41) is 0. The molecule has 0 saturated carbocycles. The Morgan fingerprint density at radius 2 is 1.82 bits per heavy atom. The molecule has 0 aliphatic carbocycles. The van der Waals surface area contributed by atoms with Gasteiger partial charge in [0.15, 0.2) is 0 Å². The lowest BCUT2D eigenvalue weighted by molar-refractivity contribution is 0.304. The standard InChI is InChI=1S/C14H21F2N/c1-9-5-7-11(15)10(13(9)16)6-8-12(17)14(2,3)4/h5,7,12H,6,8,17H2,1-4H3. The number of halogens is 2. The fourth-order valence-corrected chi connectivity index (χ4v) is 1.68. The zero-order valence-corrected chi connectivity index (χ0v) is 11.0. The van der Waals surface area contributed by atoms with Gasteiger partial charge in [-0.25, -0.2) is 8.78 Å². The molecule has 0 aliphatic heterocycles. The van der Waals surface area contributed by atoms with Crippen LogP contribution in [0.1, 0.15) is 38.3 Å². The van der Waals surface area contributed by atoms with Gasteiger partial charge in [-0.2, -0.15) is 0 Å². The Morgan fingerprint density at radius 1 is 1.24 bits per heavy atom. The third-order valence-electron chi connectivity index (χ3n) is 3.20. The third kappa shape index (κ3) is 3.50. The SMILES string of the molecule is Cc1ccc(F)c(CCC(N)C(C)(C)C)c1F. The van der Waals surface area contributed by atoms with E-state index in [-0.39, 0.29) is 17.0 Å². The van der Waals surface area contributed by atoms with E-state index in [9.17, 15) is 8.78 Å². The van der Waals surface area contributed by atoms with Crippen LogP contribution in [0.5, 0.6) is 0 Å². The first-order valence-corrected chi connectivity index (χ1v) is 5.92. The molecule has 0 bridgehead atoms. The molecule has 17 heavy (non-hydrogen) atoms. The highest BCUT2D eigenvalue weighted by molar-refractivity contribution is 5.26. The Bertz CT molecular complexity index is 394. The van der Waals surface area contributed by atoms with Crippen LogP contribution in [0.4, 0.5) is 8.78 Å². The molecule has 3 heteroatoms. The summed E-state index contributed by atoms with van der Waals surface area (Å²) in [7, 11) is 0. The van der Waals surface area contributed by atoms with E-state index in [1.54, 1.807) is 6.92 Å². The Balaban J connectivity index is 2.80. The lowest BCUT2D eigenvalue weighted by Gasteiger charge is -2.27. The van der Waals surface area contributed by atoms with Crippen molar-refractivity contribution in [3.05, 3.63) is 34.9 Å². The average molecular weight is 241 g/mol. The molecule has 0 aliphatic rings. The van der Waals surface area contributed by atoms with Crippen molar-refractivity contribution >= 4 is 0 Å². The maximum absolute atomic E-state index is 13.7. The van der Waals surface area contributed by atoms with Gasteiger partial charge in [-0.05, 0) is 36.8 Å². The summed E-state index contributed by atoms with van der Waals surface area (Å²) in [6, 6.07) is 2.70. The molecule has 0 fully saturated rings. The topological polar surface area (TPSA) is 26.0 Å². The van der Waals surface area contributed by atoms with Crippen molar-refractivity contribution in [1.29, 1.82) is 0 Å². The summed E-state index contributed by atoms with van der Waals surface area (Å²) in [6.07, 6.45) is 0.929. The fourth-order valence-electron chi connectivity index (χ4n) is 1.68. The fraction of sp³-hybridized carbons (Fsp3) is 0.571. The molecular weight excluding hydrogens is 220 g/mol. The molecule has 96 valence electrons. The van der Waals surface area contributed by atoms with Gasteiger partial charge in [-0.3, -0.25) is 0 Å². The van der Waals surface area contributed by atoms with Crippen molar-refractivity contribution in [1.82, 2.24) is 0 Å². The van der Waals surface area contributed by atoms with Crippen LogP contribution >= 0.6 is 0 Å². The molecule has 1 aromatic rings. The second-order valence-electron chi connectivity index (χ2n) is 5.67. The largest absolute Gasteiger partial charge is 0.327 e. The number of hydrogen-bond donors (Lipinski definition) is 1. The van der Waals surface area contributed by atoms with Gasteiger partial charge in [-0.1, -0.05) is 26.8 Å². The summed E-state index contributed by atoms with van der Waals surface area (Å²) in [6.45, 7) is 7.73. The van der Waals surface area contributed by atoms with E-state index in [4.69, 9.17) is 5.73 Å². The molecule has 1 unspecified atom stereocenters. The van der Waals surface area contributed by atoms with Crippen LogP contribution in [0.25, 0.3) is 0 Å². The Kier molecular flexibility index (Phi) is 4.26. The molecular formula is C14H21F2N. The summed E-state index contributed by atoms with van der Waals surface area (Å²) in [5.74, 6) is -0.916. The van der Waals surface area contributed by atoms with Crippen molar-refractivity contribution < 1.29 is 8.78 Å². The minimum Gasteiger partial charge on any atom is -0.327 e. The smallest absolute Gasteiger partial charge is 0.132 e. The quantitative estimate of drug-likeness (QED) is 0.860. The minimum absolute atomic E-state index is 0.0449. The number of hydrogen-bond acceptors (Lipinski definition) is 1. The lowest BCUT2D eigenvalue weighted by Crippen LogP contribution is -2.35. The first kappa shape index (κ1) is 14.1. The van der Waals surface area contributed by atoms with Gasteiger partial charge in [0.25, 0.3) is 0 Å². The molecule has 1 nitrogen and oxygen atoms in total. The van der Waals surface area contributed by atoms with Crippen LogP contribution < -0.4 is 5.73 Å². The van der Waals surface area contributed by atoms with Crippen molar-refractivity contribution in [2.45, 2.75) is 46.6 Å². The van der Waals surface area contributed by atoms with Crippen molar-refractivity contribution in [2.75, 3.05) is 0 Å². The molecule has 1 atom stereocenters. The molecule has 0 saturated heterocycles. The Labute approximate surface area is 102 Å². The van der Waals surface area contributed by atoms with Crippen LogP contribution in [0.2, 0.25) is 0 Å². The Hall–Kier alpha value is -0.960. The first-order valence-electron chi connectivity index (χ1n) is 5.92. The van der Waals surface area contributed by atoms with Gasteiger partial charge in [0.1, 0.15) is 11.6 Å². The monoisotopic (exact) mass is 241 g/mol. The van der Waals surface area contributed by atoms with Crippen LogP contribution in [0.3, 0.4) is 0 Å². The van der Waals surface area contributed by atoms with Crippen LogP contribution in [0, 0.1) is 24.0 Å². The summed E-state index contributed by atoms with van der Waals surface area (Å²) in [5.41, 5.74) is 6.58. The Morgan fingerprint density at radius 3 is 2.35 bits per heavy atom. The van der Waals surface area contributed by atoms with Gasteiger partial charge in [0, 0.05) is 11.6 Å². The molecule has 0 radical (unpaired) electrons. The summed E-state index contributed by atoms with van der Waals surface area (Å²) < 4.78 is 27.2. The van der Waals surface area contributed by atoms with Gasteiger partial charge in [0.2, 0.25) is 0 Å². The predicted octanol–water partition coefficient (Wildman–Crippen LogP) is 3.58.